The fourth-order valence-corrected chi connectivity index (χ4v) is 2.49. The molecule has 26 heavy (non-hydrogen) atoms. The van der Waals surface area contributed by atoms with Crippen LogP contribution in [0.15, 0.2) is 18.2 Å². The Morgan fingerprint density at radius 3 is 1.65 bits per heavy atom. The number of carbonyl (C=O) groups excluding carboxylic acids is 1. The summed E-state index contributed by atoms with van der Waals surface area (Å²) in [6.45, 7) is 1.55. The summed E-state index contributed by atoms with van der Waals surface area (Å²) in [5, 5.41) is 17.5. The molecule has 0 saturated carbocycles. The number of esters is 1. The molecule has 0 aliphatic carbocycles. The lowest BCUT2D eigenvalue weighted by Gasteiger charge is -2.12. The van der Waals surface area contributed by atoms with Crippen LogP contribution in [-0.4, -0.2) is 49.7 Å². The van der Waals surface area contributed by atoms with Crippen molar-refractivity contribution in [2.45, 2.75) is 51.4 Å². The third-order valence-electron chi connectivity index (χ3n) is 3.94. The lowest BCUT2D eigenvalue weighted by molar-refractivity contribution is 0.0599. The van der Waals surface area contributed by atoms with Gasteiger partial charge in [-0.15, -0.1) is 0 Å². The maximum absolute atomic E-state index is 11.8. The molecule has 148 valence electrons. The summed E-state index contributed by atoms with van der Waals surface area (Å²) in [6.07, 6.45) is 7.36. The van der Waals surface area contributed by atoms with Crippen molar-refractivity contribution in [2.24, 2.45) is 0 Å². The van der Waals surface area contributed by atoms with Crippen LogP contribution in [0.3, 0.4) is 0 Å². The summed E-state index contributed by atoms with van der Waals surface area (Å²) >= 11 is 0. The fraction of sp³-hybridized carbons (Fsp3) is 0.650. The minimum absolute atomic E-state index is 0.225. The molecular formula is C20H32O6. The Bertz CT molecular complexity index is 469. The van der Waals surface area contributed by atoms with Crippen LogP contribution in [0.5, 0.6) is 11.5 Å². The van der Waals surface area contributed by atoms with E-state index in [0.717, 1.165) is 51.4 Å². The van der Waals surface area contributed by atoms with Gasteiger partial charge in [0.2, 0.25) is 0 Å². The molecule has 6 nitrogen and oxygen atoms in total. The fourth-order valence-electron chi connectivity index (χ4n) is 2.49. The number of unbranched alkanes of at least 4 members (excludes halogenated alkanes) is 6. The minimum atomic E-state index is -0.425. The van der Waals surface area contributed by atoms with Gasteiger partial charge in [-0.05, 0) is 50.7 Å². The summed E-state index contributed by atoms with van der Waals surface area (Å²) in [4.78, 5) is 11.8. The lowest BCUT2D eigenvalue weighted by Crippen LogP contribution is -2.05. The molecule has 6 heteroatoms. The molecule has 0 fully saturated rings. The average Bonchev–Trinajstić information content (AvgIpc) is 2.66. The first-order valence-corrected chi connectivity index (χ1v) is 9.42. The van der Waals surface area contributed by atoms with Gasteiger partial charge in [0.15, 0.2) is 0 Å². The Balaban J connectivity index is 2.52. The molecule has 1 aromatic rings. The van der Waals surface area contributed by atoms with Gasteiger partial charge < -0.3 is 24.4 Å². The minimum Gasteiger partial charge on any atom is -0.493 e. The largest absolute Gasteiger partial charge is 0.493 e. The first-order chi connectivity index (χ1) is 12.7. The summed E-state index contributed by atoms with van der Waals surface area (Å²) in [5.41, 5.74) is 0.403. The van der Waals surface area contributed by atoms with Crippen molar-refractivity contribution in [3.63, 3.8) is 0 Å². The van der Waals surface area contributed by atoms with Gasteiger partial charge in [-0.2, -0.15) is 0 Å². The van der Waals surface area contributed by atoms with Crippen LogP contribution in [0, 0.1) is 0 Å². The van der Waals surface area contributed by atoms with E-state index in [1.807, 2.05) is 0 Å². The second-order valence-electron chi connectivity index (χ2n) is 6.16. The average molecular weight is 368 g/mol. The van der Waals surface area contributed by atoms with E-state index in [1.165, 1.54) is 7.11 Å². The Morgan fingerprint density at radius 1 is 0.769 bits per heavy atom. The molecule has 0 heterocycles. The van der Waals surface area contributed by atoms with Crippen LogP contribution in [0.25, 0.3) is 0 Å². The van der Waals surface area contributed by atoms with E-state index in [0.29, 0.717) is 30.3 Å². The normalized spacial score (nSPS) is 10.6. The highest BCUT2D eigenvalue weighted by Crippen LogP contribution is 2.24. The number of hydrogen-bond acceptors (Lipinski definition) is 6. The molecule has 0 aromatic heterocycles. The summed E-state index contributed by atoms with van der Waals surface area (Å²) in [5.74, 6) is 0.752. The topological polar surface area (TPSA) is 85.2 Å². The van der Waals surface area contributed by atoms with Crippen molar-refractivity contribution < 1.29 is 29.2 Å². The molecule has 1 rings (SSSR count). The molecule has 0 amide bonds. The zero-order chi connectivity index (χ0) is 19.0. The molecular weight excluding hydrogens is 336 g/mol. The van der Waals surface area contributed by atoms with E-state index < -0.39 is 5.97 Å². The van der Waals surface area contributed by atoms with Crippen molar-refractivity contribution in [2.75, 3.05) is 33.5 Å². The van der Waals surface area contributed by atoms with Crippen molar-refractivity contribution in [1.82, 2.24) is 0 Å². The second-order valence-corrected chi connectivity index (χ2v) is 6.16. The molecule has 0 bridgehead atoms. The Morgan fingerprint density at radius 2 is 1.23 bits per heavy atom. The van der Waals surface area contributed by atoms with Gasteiger partial charge in [-0.25, -0.2) is 4.79 Å². The number of ether oxygens (including phenoxy) is 3. The maximum atomic E-state index is 11.8. The summed E-state index contributed by atoms with van der Waals surface area (Å²) in [7, 11) is 1.35. The van der Waals surface area contributed by atoms with Gasteiger partial charge in [0.1, 0.15) is 11.5 Å². The van der Waals surface area contributed by atoms with Crippen molar-refractivity contribution in [3.8, 4) is 11.5 Å². The van der Waals surface area contributed by atoms with Crippen LogP contribution in [0.1, 0.15) is 61.7 Å². The number of aliphatic hydroxyl groups excluding tert-OH is 2. The third kappa shape index (κ3) is 9.63. The van der Waals surface area contributed by atoms with Gasteiger partial charge in [-0.1, -0.05) is 12.8 Å². The van der Waals surface area contributed by atoms with E-state index in [-0.39, 0.29) is 13.2 Å². The van der Waals surface area contributed by atoms with Crippen LogP contribution in [-0.2, 0) is 4.74 Å². The highest BCUT2D eigenvalue weighted by Gasteiger charge is 2.10. The van der Waals surface area contributed by atoms with Gasteiger partial charge >= 0.3 is 5.97 Å². The number of carbonyl (C=O) groups is 1. The van der Waals surface area contributed by atoms with Gasteiger partial charge in [0.25, 0.3) is 0 Å². The molecule has 2 N–H and O–H groups in total. The lowest BCUT2D eigenvalue weighted by atomic mass is 10.2. The molecule has 0 atom stereocenters. The van der Waals surface area contributed by atoms with Crippen molar-refractivity contribution >= 4 is 5.97 Å². The van der Waals surface area contributed by atoms with E-state index in [2.05, 4.69) is 0 Å². The van der Waals surface area contributed by atoms with Gasteiger partial charge in [0.05, 0.1) is 25.9 Å². The van der Waals surface area contributed by atoms with E-state index in [4.69, 9.17) is 24.4 Å². The maximum Gasteiger partial charge on any atom is 0.338 e. The molecule has 0 radical (unpaired) electrons. The smallest absolute Gasteiger partial charge is 0.338 e. The molecule has 0 aliphatic rings. The highest BCUT2D eigenvalue weighted by molar-refractivity contribution is 5.90. The predicted molar refractivity (Wildman–Crippen MR) is 99.9 cm³/mol. The SMILES string of the molecule is COC(=O)c1cc(OCCCCCCO)cc(OCCCCCCO)c1. The summed E-state index contributed by atoms with van der Waals surface area (Å²) in [6, 6.07) is 5.11. The van der Waals surface area contributed by atoms with Crippen molar-refractivity contribution in [3.05, 3.63) is 23.8 Å². The molecule has 0 aliphatic heterocycles. The van der Waals surface area contributed by atoms with Crippen LogP contribution >= 0.6 is 0 Å². The number of aliphatic hydroxyl groups is 2. The Labute approximate surface area is 156 Å². The van der Waals surface area contributed by atoms with Crippen molar-refractivity contribution in [1.29, 1.82) is 0 Å². The molecule has 0 saturated heterocycles. The van der Waals surface area contributed by atoms with E-state index >= 15 is 0 Å². The van der Waals surface area contributed by atoms with E-state index in [9.17, 15) is 4.79 Å². The predicted octanol–water partition coefficient (Wildman–Crippen LogP) is 3.34. The Hall–Kier alpha value is -1.79. The zero-order valence-electron chi connectivity index (χ0n) is 15.7. The monoisotopic (exact) mass is 368 g/mol. The first-order valence-electron chi connectivity index (χ1n) is 9.42. The van der Waals surface area contributed by atoms with Crippen LogP contribution in [0.4, 0.5) is 0 Å². The highest BCUT2D eigenvalue weighted by atomic mass is 16.5. The third-order valence-corrected chi connectivity index (χ3v) is 3.94. The van der Waals surface area contributed by atoms with Gasteiger partial charge in [-0.3, -0.25) is 0 Å². The molecule has 1 aromatic carbocycles. The van der Waals surface area contributed by atoms with Crippen LogP contribution in [0.2, 0.25) is 0 Å². The number of hydrogen-bond donors (Lipinski definition) is 2. The number of methoxy groups -OCH3 is 1. The van der Waals surface area contributed by atoms with Crippen LogP contribution < -0.4 is 9.47 Å². The van der Waals surface area contributed by atoms with E-state index in [1.54, 1.807) is 18.2 Å². The number of rotatable bonds is 15. The second kappa shape index (κ2) is 14.4. The summed E-state index contributed by atoms with van der Waals surface area (Å²) < 4.78 is 16.3. The Kier molecular flexibility index (Phi) is 12.3. The number of benzene rings is 1. The first kappa shape index (κ1) is 22.3. The zero-order valence-corrected chi connectivity index (χ0v) is 15.7. The quantitative estimate of drug-likeness (QED) is 0.365. The standard InChI is InChI=1S/C20H32O6/c1-24-20(23)17-14-18(25-12-8-4-2-6-10-21)16-19(15-17)26-13-9-5-3-7-11-22/h14-16,21-22H,2-13H2,1H3. The molecule has 0 unspecified atom stereocenters. The molecule has 0 spiro atoms. The van der Waals surface area contributed by atoms with Gasteiger partial charge in [0, 0.05) is 19.3 Å².